The van der Waals surface area contributed by atoms with E-state index in [1.807, 2.05) is 0 Å². The highest BCUT2D eigenvalue weighted by atomic mass is 79.9. The molecule has 0 spiro atoms. The summed E-state index contributed by atoms with van der Waals surface area (Å²) >= 11 is 6.64. The quantitative estimate of drug-likeness (QED) is 0.362. The largest absolute Gasteiger partial charge is 0.755 e. The standard InChI is InChI=1S/C24H23BrClN3O7S2/c1-35-23-14-16(25)2-8-22(23)29(37(31)32)21-9-3-17(26)15-20(21)24(30)27-18-4-6-19(7-5-18)38(33,34)28-10-12-36-13-11-28/h2-9,14-15H,10-13H2,1H3,(H,27,30)(H,31,32)/p-1. The molecule has 0 bridgehead atoms. The number of halogens is 2. The minimum Gasteiger partial charge on any atom is -0.755 e. The summed E-state index contributed by atoms with van der Waals surface area (Å²) in [6.07, 6.45) is 0. The van der Waals surface area contributed by atoms with Gasteiger partial charge in [-0.25, -0.2) is 8.42 Å². The van der Waals surface area contributed by atoms with Crippen molar-refractivity contribution >= 4 is 71.8 Å². The van der Waals surface area contributed by atoms with Crippen molar-refractivity contribution in [2.24, 2.45) is 0 Å². The Morgan fingerprint density at radius 1 is 1.11 bits per heavy atom. The minimum atomic E-state index is -3.70. The van der Waals surface area contributed by atoms with E-state index in [1.54, 1.807) is 12.1 Å². The molecule has 1 fully saturated rings. The summed E-state index contributed by atoms with van der Waals surface area (Å²) in [5.74, 6) is -0.403. The number of morpholine rings is 1. The van der Waals surface area contributed by atoms with Crippen LogP contribution in [0.3, 0.4) is 0 Å². The van der Waals surface area contributed by atoms with Crippen LogP contribution in [0.5, 0.6) is 5.75 Å². The van der Waals surface area contributed by atoms with Crippen molar-refractivity contribution in [3.63, 3.8) is 0 Å². The van der Waals surface area contributed by atoms with Gasteiger partial charge in [-0.3, -0.25) is 13.3 Å². The number of rotatable bonds is 8. The van der Waals surface area contributed by atoms with E-state index in [2.05, 4.69) is 21.2 Å². The summed E-state index contributed by atoms with van der Waals surface area (Å²) in [4.78, 5) is 13.4. The predicted octanol–water partition coefficient (Wildman–Crippen LogP) is 4.32. The average Bonchev–Trinajstić information content (AvgIpc) is 2.91. The molecule has 0 aromatic heterocycles. The minimum absolute atomic E-state index is 0.0308. The van der Waals surface area contributed by atoms with Crippen molar-refractivity contribution in [2.45, 2.75) is 4.90 Å². The molecule has 3 aromatic carbocycles. The molecule has 1 N–H and O–H groups in total. The molecule has 1 unspecified atom stereocenters. The number of carbonyl (C=O) groups excluding carboxylic acids is 1. The summed E-state index contributed by atoms with van der Waals surface area (Å²) < 4.78 is 63.9. The third-order valence-electron chi connectivity index (χ3n) is 5.65. The van der Waals surface area contributed by atoms with Crippen molar-refractivity contribution in [3.8, 4) is 5.75 Å². The highest BCUT2D eigenvalue weighted by Gasteiger charge is 2.27. The molecule has 0 aliphatic carbocycles. The van der Waals surface area contributed by atoms with E-state index >= 15 is 0 Å². The van der Waals surface area contributed by atoms with Crippen molar-refractivity contribution in [3.05, 3.63) is 75.7 Å². The van der Waals surface area contributed by atoms with Gasteiger partial charge in [0.25, 0.3) is 5.91 Å². The summed E-state index contributed by atoms with van der Waals surface area (Å²) in [6.45, 7) is 1.18. The van der Waals surface area contributed by atoms with E-state index in [0.29, 0.717) is 23.4 Å². The first-order valence-corrected chi connectivity index (χ1v) is 14.8. The monoisotopic (exact) mass is 642 g/mol. The van der Waals surface area contributed by atoms with Gasteiger partial charge >= 0.3 is 0 Å². The van der Waals surface area contributed by atoms with Gasteiger partial charge in [-0.1, -0.05) is 27.5 Å². The van der Waals surface area contributed by atoms with E-state index in [0.717, 1.165) is 4.31 Å². The van der Waals surface area contributed by atoms with E-state index in [4.69, 9.17) is 21.1 Å². The fourth-order valence-electron chi connectivity index (χ4n) is 3.82. The Bertz CT molecular complexity index is 1470. The van der Waals surface area contributed by atoms with Crippen LogP contribution < -0.4 is 14.4 Å². The molecule has 1 heterocycles. The highest BCUT2D eigenvalue weighted by Crippen LogP contribution is 2.39. The summed E-state index contributed by atoms with van der Waals surface area (Å²) in [7, 11) is -2.30. The third-order valence-corrected chi connectivity index (χ3v) is 8.98. The van der Waals surface area contributed by atoms with E-state index in [-0.39, 0.29) is 45.7 Å². The molecule has 1 amide bonds. The smallest absolute Gasteiger partial charge is 0.257 e. The van der Waals surface area contributed by atoms with Crippen LogP contribution in [0.1, 0.15) is 10.4 Å². The molecule has 4 rings (SSSR count). The maximum atomic E-state index is 13.3. The van der Waals surface area contributed by atoms with Gasteiger partial charge in [0.1, 0.15) is 5.75 Å². The van der Waals surface area contributed by atoms with Crippen LogP contribution in [0.4, 0.5) is 17.1 Å². The zero-order valence-electron chi connectivity index (χ0n) is 19.9. The zero-order chi connectivity index (χ0) is 27.4. The molecule has 14 heteroatoms. The topological polar surface area (TPSA) is 128 Å². The number of carbonyl (C=O) groups is 1. The fourth-order valence-corrected chi connectivity index (χ4v) is 6.37. The second-order valence-corrected chi connectivity index (χ2v) is 12.1. The van der Waals surface area contributed by atoms with Gasteiger partial charge in [-0.2, -0.15) is 4.31 Å². The van der Waals surface area contributed by atoms with Crippen molar-refractivity contribution < 1.29 is 31.4 Å². The number of nitrogens with zero attached hydrogens (tertiary/aromatic N) is 2. The summed E-state index contributed by atoms with van der Waals surface area (Å²) in [5, 5.41) is 2.89. The molecule has 38 heavy (non-hydrogen) atoms. The number of methoxy groups -OCH3 is 1. The Morgan fingerprint density at radius 3 is 2.39 bits per heavy atom. The Hall–Kier alpha value is -2.52. The van der Waals surface area contributed by atoms with Crippen LogP contribution in [0.2, 0.25) is 5.02 Å². The molecule has 202 valence electrons. The van der Waals surface area contributed by atoms with Crippen molar-refractivity contribution in [2.75, 3.05) is 43.0 Å². The van der Waals surface area contributed by atoms with Crippen LogP contribution in [0.15, 0.2) is 70.0 Å². The van der Waals surface area contributed by atoms with Gasteiger partial charge in [0.15, 0.2) is 0 Å². The van der Waals surface area contributed by atoms with Crippen LogP contribution >= 0.6 is 27.5 Å². The Balaban J connectivity index is 1.64. The lowest BCUT2D eigenvalue weighted by atomic mass is 10.1. The highest BCUT2D eigenvalue weighted by molar-refractivity contribution is 9.10. The first kappa shape index (κ1) is 28.5. The molecule has 1 saturated heterocycles. The van der Waals surface area contributed by atoms with Crippen molar-refractivity contribution in [1.82, 2.24) is 4.31 Å². The van der Waals surface area contributed by atoms with Crippen LogP contribution in [0, 0.1) is 0 Å². The van der Waals surface area contributed by atoms with Gasteiger partial charge in [0.2, 0.25) is 10.0 Å². The maximum Gasteiger partial charge on any atom is 0.257 e. The molecule has 10 nitrogen and oxygen atoms in total. The number of amides is 1. The van der Waals surface area contributed by atoms with E-state index in [1.165, 1.54) is 59.9 Å². The number of ether oxygens (including phenoxy) is 2. The molecule has 1 aliphatic rings. The lowest BCUT2D eigenvalue weighted by Crippen LogP contribution is -2.40. The van der Waals surface area contributed by atoms with Crippen molar-refractivity contribution in [1.29, 1.82) is 0 Å². The first-order valence-electron chi connectivity index (χ1n) is 11.1. The fraction of sp³-hybridized carbons (Fsp3) is 0.208. The molecule has 0 saturated carbocycles. The molecule has 3 aromatic rings. The van der Waals surface area contributed by atoms with Gasteiger partial charge in [0, 0.05) is 28.3 Å². The number of sulfonamides is 1. The normalized spacial score (nSPS) is 15.1. The van der Waals surface area contributed by atoms with E-state index < -0.39 is 27.2 Å². The Morgan fingerprint density at radius 2 is 1.76 bits per heavy atom. The maximum absolute atomic E-state index is 13.3. The van der Waals surface area contributed by atoms with Crippen LogP contribution in [-0.2, 0) is 26.0 Å². The Labute approximate surface area is 236 Å². The number of nitrogens with one attached hydrogen (secondary N) is 1. The molecular formula is C24H22BrClN3O7S2-. The van der Waals surface area contributed by atoms with Crippen LogP contribution in [0.25, 0.3) is 0 Å². The molecule has 1 aliphatic heterocycles. The summed E-state index contributed by atoms with van der Waals surface area (Å²) in [6, 6.07) is 14.7. The van der Waals surface area contributed by atoms with Gasteiger partial charge in [-0.15, -0.1) is 0 Å². The van der Waals surface area contributed by atoms with Gasteiger partial charge in [-0.05, 0) is 60.7 Å². The zero-order valence-corrected chi connectivity index (χ0v) is 23.9. The lowest BCUT2D eigenvalue weighted by molar-refractivity contribution is 0.0730. The summed E-state index contributed by atoms with van der Waals surface area (Å²) in [5.41, 5.74) is 0.486. The predicted molar refractivity (Wildman–Crippen MR) is 147 cm³/mol. The number of hydrogen-bond donors (Lipinski definition) is 1. The van der Waals surface area contributed by atoms with Crippen LogP contribution in [-0.4, -0.2) is 60.8 Å². The second-order valence-electron chi connectivity index (χ2n) is 7.98. The SMILES string of the molecule is COc1cc(Br)ccc1N(c1ccc(Cl)cc1C(=O)Nc1ccc(S(=O)(=O)N2CCOCC2)cc1)S(=O)[O-]. The average molecular weight is 644 g/mol. The number of benzene rings is 3. The lowest BCUT2D eigenvalue weighted by Gasteiger charge is -2.29. The third kappa shape index (κ3) is 6.20. The Kier molecular flexibility index (Phi) is 9.08. The number of anilines is 3. The molecule has 1 atom stereocenters. The van der Waals surface area contributed by atoms with Gasteiger partial charge in [0.05, 0.1) is 53.4 Å². The first-order chi connectivity index (χ1) is 18.1. The molecule has 0 radical (unpaired) electrons. The second kappa shape index (κ2) is 12.1. The van der Waals surface area contributed by atoms with Gasteiger partial charge < -0.3 is 19.3 Å². The number of hydrogen-bond acceptors (Lipinski definition) is 7. The molecular weight excluding hydrogens is 622 g/mol. The van der Waals surface area contributed by atoms with E-state index in [9.17, 15) is 22.0 Å².